The van der Waals surface area contributed by atoms with Gasteiger partial charge < -0.3 is 5.40 Å². The molecule has 38 valence electrons. The minimum absolute atomic E-state index is 0. The van der Waals surface area contributed by atoms with Gasteiger partial charge in [-0.15, -0.1) is 0 Å². The van der Waals surface area contributed by atoms with Crippen molar-refractivity contribution in [2.24, 2.45) is 5.40 Å². The predicted molar refractivity (Wildman–Crippen MR) is 21.6 cm³/mol. The minimum atomic E-state index is 0. The molecule has 0 aromatic carbocycles. The molecule has 0 aliphatic carbocycles. The molecule has 0 unspecified atom stereocenters. The number of hydrogen-bond donors (Lipinski definition) is 1. The summed E-state index contributed by atoms with van der Waals surface area (Å²) < 4.78 is 0. The third-order valence-electron chi connectivity index (χ3n) is 0. The van der Waals surface area contributed by atoms with Gasteiger partial charge in [-0.3, -0.25) is 14.1 Å². The maximum atomic E-state index is 4.64. The highest BCUT2D eigenvalue weighted by Gasteiger charge is 0.880. The molecular weight excluding hydrogens is 99.1 g/mol. The fourth-order valence-corrected chi connectivity index (χ4v) is 0. The minimum Gasteiger partial charge on any atom is -0.358 e. The standard InChI is InChI=1S/3FH.H5NSi/c;;;1-2/h3*1H;1H2,2H3. The Hall–Kier alpha value is -0.0331. The van der Waals surface area contributed by atoms with Gasteiger partial charge >= 0.3 is 0 Å². The van der Waals surface area contributed by atoms with Crippen LogP contribution in [-0.4, -0.2) is 10.4 Å². The Morgan fingerprint density at radius 3 is 0.800 bits per heavy atom. The van der Waals surface area contributed by atoms with E-state index in [-0.39, 0.29) is 14.1 Å². The van der Waals surface area contributed by atoms with E-state index >= 15 is 0 Å². The summed E-state index contributed by atoms with van der Waals surface area (Å²) in [6, 6.07) is 0. The molecule has 0 heterocycles. The van der Waals surface area contributed by atoms with Crippen LogP contribution in [0.1, 0.15) is 0 Å². The molecule has 0 aliphatic heterocycles. The lowest BCUT2D eigenvalue weighted by Crippen LogP contribution is -1.75. The quantitative estimate of drug-likeness (QED) is 0.382. The molecule has 1 nitrogen and oxygen atoms in total. The van der Waals surface area contributed by atoms with Gasteiger partial charge in [-0.1, -0.05) is 0 Å². The van der Waals surface area contributed by atoms with Crippen LogP contribution in [0.4, 0.5) is 14.1 Å². The van der Waals surface area contributed by atoms with Crippen LogP contribution in [0.5, 0.6) is 0 Å². The normalized spacial score (nSPS) is 1.80. The first-order chi connectivity index (χ1) is 1.00. The number of nitrogens with two attached hydrogens (primary N) is 1. The highest BCUT2D eigenvalue weighted by Crippen LogP contribution is 0.422. The van der Waals surface area contributed by atoms with Crippen LogP contribution in [0, 0.1) is 0 Å². The molecule has 0 rings (SSSR count). The molecule has 0 saturated heterocycles. The summed E-state index contributed by atoms with van der Waals surface area (Å²) in [5, 5.41) is 4.64. The monoisotopic (exact) mass is 107 g/mol. The summed E-state index contributed by atoms with van der Waals surface area (Å²) in [5.41, 5.74) is 0. The summed E-state index contributed by atoms with van der Waals surface area (Å²) >= 11 is 0. The zero-order valence-electron chi connectivity index (χ0n) is 2.80. The van der Waals surface area contributed by atoms with Gasteiger partial charge in [0.1, 0.15) is 0 Å². The van der Waals surface area contributed by atoms with Crippen molar-refractivity contribution in [2.75, 3.05) is 0 Å². The van der Waals surface area contributed by atoms with Crippen molar-refractivity contribution in [3.05, 3.63) is 0 Å². The van der Waals surface area contributed by atoms with E-state index in [1.165, 1.54) is 0 Å². The Balaban J connectivity index is -0.00000000167. The topological polar surface area (TPSA) is 26.0 Å². The number of rotatable bonds is 0. The highest BCUT2D eigenvalue weighted by atomic mass is 28.2. The Kier molecular flexibility index (Phi) is 532000. The smallest absolute Gasteiger partial charge is 0.0716 e. The van der Waals surface area contributed by atoms with Crippen LogP contribution in [0.25, 0.3) is 0 Å². The Bertz CT molecular complexity index is 6.85. The molecule has 0 aliphatic rings. The molecule has 0 spiro atoms. The largest absolute Gasteiger partial charge is 0.358 e. The van der Waals surface area contributed by atoms with Gasteiger partial charge in [0.25, 0.3) is 0 Å². The lowest BCUT2D eigenvalue weighted by Gasteiger charge is -1.17. The molecule has 0 amide bonds. The third kappa shape index (κ3) is 14000. The van der Waals surface area contributed by atoms with Crippen molar-refractivity contribution in [1.29, 1.82) is 0 Å². The summed E-state index contributed by atoms with van der Waals surface area (Å²) in [7, 11) is 0.806. The van der Waals surface area contributed by atoms with Crippen LogP contribution in [-0.2, 0) is 0 Å². The molecule has 5 heavy (non-hydrogen) atoms. The lowest BCUT2D eigenvalue weighted by molar-refractivity contribution is 1.11. The summed E-state index contributed by atoms with van der Waals surface area (Å²) in [5.74, 6) is 0. The van der Waals surface area contributed by atoms with Crippen molar-refractivity contribution in [3.8, 4) is 0 Å². The second-order valence-electron chi connectivity index (χ2n) is 0. The van der Waals surface area contributed by atoms with Gasteiger partial charge in [-0.05, 0) is 0 Å². The van der Waals surface area contributed by atoms with Gasteiger partial charge in [-0.25, -0.2) is 0 Å². The van der Waals surface area contributed by atoms with Crippen molar-refractivity contribution in [2.45, 2.75) is 0 Å². The molecule has 5 heteroatoms. The summed E-state index contributed by atoms with van der Waals surface area (Å²) in [6.45, 7) is 0. The molecule has 0 aromatic heterocycles. The third-order valence-corrected chi connectivity index (χ3v) is 0. The van der Waals surface area contributed by atoms with E-state index in [1.54, 1.807) is 0 Å². The van der Waals surface area contributed by atoms with Crippen molar-refractivity contribution in [3.63, 3.8) is 0 Å². The van der Waals surface area contributed by atoms with E-state index in [1.807, 2.05) is 0 Å². The van der Waals surface area contributed by atoms with Crippen molar-refractivity contribution in [1.82, 2.24) is 0 Å². The zero-order chi connectivity index (χ0) is 2.00. The highest BCUT2D eigenvalue weighted by molar-refractivity contribution is 6.02. The average molecular weight is 107 g/mol. The van der Waals surface area contributed by atoms with E-state index in [2.05, 4.69) is 5.40 Å². The van der Waals surface area contributed by atoms with Gasteiger partial charge in [0.15, 0.2) is 0 Å². The van der Waals surface area contributed by atoms with E-state index in [0.717, 1.165) is 10.4 Å². The molecule has 0 saturated carbocycles. The molecule has 0 bridgehead atoms. The first kappa shape index (κ1) is 83.6. The van der Waals surface area contributed by atoms with E-state index in [0.29, 0.717) is 0 Å². The second kappa shape index (κ2) is 31800. The fourth-order valence-electron chi connectivity index (χ4n) is 0. The van der Waals surface area contributed by atoms with Crippen LogP contribution >= 0.6 is 0 Å². The summed E-state index contributed by atoms with van der Waals surface area (Å²) in [4.78, 5) is 0. The molecule has 2 N–H and O–H groups in total. The molecule has 0 radical (unpaired) electrons. The molecular formula is H8F3NSi. The lowest BCUT2D eigenvalue weighted by atomic mass is 13.9. The Labute approximate surface area is 31.2 Å². The molecule has 0 aromatic rings. The first-order valence-corrected chi connectivity index (χ1v) is 1.73. The zero-order valence-corrected chi connectivity index (χ0v) is 4.80. The average Bonchev–Trinajstić information content (AvgIpc) is 1.00. The van der Waals surface area contributed by atoms with Gasteiger partial charge in [0.05, 0.1) is 10.4 Å². The van der Waals surface area contributed by atoms with Gasteiger partial charge in [0.2, 0.25) is 0 Å². The van der Waals surface area contributed by atoms with Gasteiger partial charge in [-0.2, -0.15) is 0 Å². The van der Waals surface area contributed by atoms with Gasteiger partial charge in [0, 0.05) is 0 Å². The van der Waals surface area contributed by atoms with Crippen LogP contribution in [0.2, 0.25) is 0 Å². The predicted octanol–water partition coefficient (Wildman–Crippen LogP) is -1.32. The van der Waals surface area contributed by atoms with Crippen molar-refractivity contribution >= 4 is 10.4 Å². The van der Waals surface area contributed by atoms with E-state index < -0.39 is 0 Å². The molecule has 0 fully saturated rings. The number of hydrogen-bond acceptors (Lipinski definition) is 1. The SMILES string of the molecule is F.F.F.N[SiH3]. The molecule has 0 atom stereocenters. The Morgan fingerprint density at radius 2 is 0.800 bits per heavy atom. The first-order valence-electron chi connectivity index (χ1n) is 0.577. The fraction of sp³-hybridized carbons (Fsp3) is 0. The van der Waals surface area contributed by atoms with E-state index in [4.69, 9.17) is 0 Å². The van der Waals surface area contributed by atoms with Crippen LogP contribution in [0.15, 0.2) is 0 Å². The maximum absolute atomic E-state index is 4.64. The Morgan fingerprint density at radius 1 is 0.800 bits per heavy atom. The number of halogens is 3. The summed E-state index contributed by atoms with van der Waals surface area (Å²) in [6.07, 6.45) is 0. The van der Waals surface area contributed by atoms with E-state index in [9.17, 15) is 0 Å². The second-order valence-corrected chi connectivity index (χ2v) is 0. The van der Waals surface area contributed by atoms with Crippen LogP contribution < -0.4 is 5.40 Å². The van der Waals surface area contributed by atoms with Crippen molar-refractivity contribution < 1.29 is 14.1 Å². The maximum Gasteiger partial charge on any atom is 0.0716 e. The van der Waals surface area contributed by atoms with Crippen LogP contribution in [0.3, 0.4) is 0 Å².